The van der Waals surface area contributed by atoms with Crippen LogP contribution in [0.2, 0.25) is 5.02 Å². The van der Waals surface area contributed by atoms with Crippen molar-refractivity contribution in [2.75, 3.05) is 30.9 Å². The maximum absolute atomic E-state index is 6.19. The SMILES string of the molecule is CCNc1ncc(Cl)c(N(C)Cc2ccc(OC)cc2)n1. The first kappa shape index (κ1) is 15.4. The van der Waals surface area contributed by atoms with Crippen LogP contribution in [0.1, 0.15) is 12.5 Å². The lowest BCUT2D eigenvalue weighted by molar-refractivity contribution is 0.414. The Hall–Kier alpha value is -2.01. The standard InChI is InChI=1S/C15H19ClN4O/c1-4-17-15-18-9-13(16)14(19-15)20(2)10-11-5-7-12(21-3)8-6-11/h5-9H,4,10H2,1-3H3,(H,17,18,19). The van der Waals surface area contributed by atoms with Crippen molar-refractivity contribution in [2.24, 2.45) is 0 Å². The van der Waals surface area contributed by atoms with Gasteiger partial charge in [0.15, 0.2) is 5.82 Å². The van der Waals surface area contributed by atoms with Crippen LogP contribution in [0, 0.1) is 0 Å². The summed E-state index contributed by atoms with van der Waals surface area (Å²) in [6.07, 6.45) is 1.62. The van der Waals surface area contributed by atoms with Gasteiger partial charge in [-0.1, -0.05) is 23.7 Å². The summed E-state index contributed by atoms with van der Waals surface area (Å²) in [5.41, 5.74) is 1.15. The Morgan fingerprint density at radius 3 is 2.62 bits per heavy atom. The highest BCUT2D eigenvalue weighted by atomic mass is 35.5. The van der Waals surface area contributed by atoms with E-state index >= 15 is 0 Å². The van der Waals surface area contributed by atoms with Crippen LogP contribution in [0.4, 0.5) is 11.8 Å². The van der Waals surface area contributed by atoms with Gasteiger partial charge in [0, 0.05) is 20.1 Å². The van der Waals surface area contributed by atoms with E-state index < -0.39 is 0 Å². The molecular weight excluding hydrogens is 288 g/mol. The van der Waals surface area contributed by atoms with Crippen molar-refractivity contribution < 1.29 is 4.74 Å². The van der Waals surface area contributed by atoms with Crippen molar-refractivity contribution in [2.45, 2.75) is 13.5 Å². The van der Waals surface area contributed by atoms with Crippen LogP contribution in [-0.4, -0.2) is 30.7 Å². The number of methoxy groups -OCH3 is 1. The molecule has 0 fully saturated rings. The molecule has 0 atom stereocenters. The largest absolute Gasteiger partial charge is 0.497 e. The van der Waals surface area contributed by atoms with E-state index in [2.05, 4.69) is 15.3 Å². The zero-order valence-electron chi connectivity index (χ0n) is 12.4. The molecule has 0 unspecified atom stereocenters. The monoisotopic (exact) mass is 306 g/mol. The van der Waals surface area contributed by atoms with Gasteiger partial charge in [0.1, 0.15) is 10.8 Å². The number of nitrogens with zero attached hydrogens (tertiary/aromatic N) is 3. The van der Waals surface area contributed by atoms with Crippen LogP contribution >= 0.6 is 11.6 Å². The van der Waals surface area contributed by atoms with Crippen molar-refractivity contribution in [3.05, 3.63) is 41.0 Å². The highest BCUT2D eigenvalue weighted by molar-refractivity contribution is 6.32. The van der Waals surface area contributed by atoms with Gasteiger partial charge in [-0.25, -0.2) is 4.98 Å². The molecule has 0 saturated heterocycles. The van der Waals surface area contributed by atoms with Crippen molar-refractivity contribution in [3.63, 3.8) is 0 Å². The molecule has 6 heteroatoms. The number of benzene rings is 1. The quantitative estimate of drug-likeness (QED) is 0.888. The zero-order valence-corrected chi connectivity index (χ0v) is 13.2. The van der Waals surface area contributed by atoms with Gasteiger partial charge in [0.05, 0.1) is 13.3 Å². The molecule has 0 spiro atoms. The third kappa shape index (κ3) is 3.98. The summed E-state index contributed by atoms with van der Waals surface area (Å²) < 4.78 is 5.16. The topological polar surface area (TPSA) is 50.3 Å². The fourth-order valence-electron chi connectivity index (χ4n) is 1.95. The second kappa shape index (κ2) is 7.13. The first-order valence-electron chi connectivity index (χ1n) is 6.74. The Bertz CT molecular complexity index is 589. The van der Waals surface area contributed by atoms with Crippen LogP contribution in [0.15, 0.2) is 30.5 Å². The van der Waals surface area contributed by atoms with Gasteiger partial charge in [-0.2, -0.15) is 4.98 Å². The van der Waals surface area contributed by atoms with Gasteiger partial charge in [-0.3, -0.25) is 0 Å². The summed E-state index contributed by atoms with van der Waals surface area (Å²) >= 11 is 6.19. The number of nitrogens with one attached hydrogen (secondary N) is 1. The van der Waals surface area contributed by atoms with Gasteiger partial charge in [0.25, 0.3) is 0 Å². The summed E-state index contributed by atoms with van der Waals surface area (Å²) in [5, 5.41) is 3.62. The Kier molecular flexibility index (Phi) is 5.22. The average Bonchev–Trinajstić information content (AvgIpc) is 2.50. The van der Waals surface area contributed by atoms with Crippen molar-refractivity contribution in [1.82, 2.24) is 9.97 Å². The second-order valence-electron chi connectivity index (χ2n) is 4.60. The van der Waals surface area contributed by atoms with E-state index in [1.807, 2.05) is 43.1 Å². The van der Waals surface area contributed by atoms with E-state index in [1.54, 1.807) is 13.3 Å². The molecular formula is C15H19ClN4O. The molecule has 2 rings (SSSR count). The third-order valence-corrected chi connectivity index (χ3v) is 3.27. The summed E-state index contributed by atoms with van der Waals surface area (Å²) in [6.45, 7) is 3.47. The molecule has 1 aromatic carbocycles. The Labute approximate surface area is 129 Å². The molecule has 1 aromatic heterocycles. The van der Waals surface area contributed by atoms with E-state index in [4.69, 9.17) is 16.3 Å². The minimum absolute atomic E-state index is 0.535. The average molecular weight is 307 g/mol. The molecule has 0 radical (unpaired) electrons. The van der Waals surface area contributed by atoms with Crippen LogP contribution < -0.4 is 15.0 Å². The molecule has 112 valence electrons. The Balaban J connectivity index is 2.14. The van der Waals surface area contributed by atoms with E-state index in [-0.39, 0.29) is 0 Å². The molecule has 1 heterocycles. The minimum atomic E-state index is 0.535. The van der Waals surface area contributed by atoms with Crippen LogP contribution in [0.3, 0.4) is 0 Å². The maximum atomic E-state index is 6.19. The Morgan fingerprint density at radius 2 is 2.00 bits per heavy atom. The van der Waals surface area contributed by atoms with Crippen LogP contribution in [-0.2, 0) is 6.54 Å². The number of aromatic nitrogens is 2. The van der Waals surface area contributed by atoms with Gasteiger partial charge in [-0.15, -0.1) is 0 Å². The first-order chi connectivity index (χ1) is 10.1. The fourth-order valence-corrected chi connectivity index (χ4v) is 2.18. The molecule has 0 bridgehead atoms. The summed E-state index contributed by atoms with van der Waals surface area (Å²) in [7, 11) is 3.61. The Morgan fingerprint density at radius 1 is 1.29 bits per heavy atom. The molecule has 0 amide bonds. The lowest BCUT2D eigenvalue weighted by atomic mass is 10.2. The maximum Gasteiger partial charge on any atom is 0.224 e. The lowest BCUT2D eigenvalue weighted by Crippen LogP contribution is -2.19. The number of ether oxygens (including phenoxy) is 1. The zero-order chi connectivity index (χ0) is 15.2. The van der Waals surface area contributed by atoms with Gasteiger partial charge >= 0.3 is 0 Å². The fraction of sp³-hybridized carbons (Fsp3) is 0.333. The number of hydrogen-bond acceptors (Lipinski definition) is 5. The van der Waals surface area contributed by atoms with Crippen molar-refractivity contribution in [1.29, 1.82) is 0 Å². The number of hydrogen-bond donors (Lipinski definition) is 1. The highest BCUT2D eigenvalue weighted by Gasteiger charge is 2.10. The predicted octanol–water partition coefficient (Wildman–Crippen LogP) is 3.21. The van der Waals surface area contributed by atoms with Crippen LogP contribution in [0.5, 0.6) is 5.75 Å². The van der Waals surface area contributed by atoms with Crippen LogP contribution in [0.25, 0.3) is 0 Å². The molecule has 0 aliphatic heterocycles. The van der Waals surface area contributed by atoms with E-state index in [0.29, 0.717) is 23.3 Å². The smallest absolute Gasteiger partial charge is 0.224 e. The van der Waals surface area contributed by atoms with E-state index in [9.17, 15) is 0 Å². The lowest BCUT2D eigenvalue weighted by Gasteiger charge is -2.20. The first-order valence-corrected chi connectivity index (χ1v) is 7.12. The van der Waals surface area contributed by atoms with Crippen molar-refractivity contribution >= 4 is 23.4 Å². The molecule has 0 aliphatic carbocycles. The highest BCUT2D eigenvalue weighted by Crippen LogP contribution is 2.24. The predicted molar refractivity (Wildman–Crippen MR) is 86.3 cm³/mol. The van der Waals surface area contributed by atoms with Gasteiger partial charge < -0.3 is 15.0 Å². The van der Waals surface area contributed by atoms with Gasteiger partial charge in [-0.05, 0) is 24.6 Å². The van der Waals surface area contributed by atoms with E-state index in [1.165, 1.54) is 0 Å². The normalized spacial score (nSPS) is 10.3. The number of rotatable bonds is 6. The summed E-state index contributed by atoms with van der Waals surface area (Å²) in [4.78, 5) is 10.6. The summed E-state index contributed by atoms with van der Waals surface area (Å²) in [5.74, 6) is 2.13. The molecule has 1 N–H and O–H groups in total. The summed E-state index contributed by atoms with van der Waals surface area (Å²) in [6, 6.07) is 7.93. The van der Waals surface area contributed by atoms with Gasteiger partial charge in [0.2, 0.25) is 5.95 Å². The molecule has 21 heavy (non-hydrogen) atoms. The number of anilines is 2. The third-order valence-electron chi connectivity index (χ3n) is 3.00. The molecule has 5 nitrogen and oxygen atoms in total. The molecule has 0 aliphatic rings. The number of halogens is 1. The molecule has 2 aromatic rings. The molecule has 0 saturated carbocycles. The second-order valence-corrected chi connectivity index (χ2v) is 5.01. The minimum Gasteiger partial charge on any atom is -0.497 e. The van der Waals surface area contributed by atoms with E-state index in [0.717, 1.165) is 17.9 Å². The van der Waals surface area contributed by atoms with Crippen molar-refractivity contribution in [3.8, 4) is 5.75 Å².